The molecule has 1 aliphatic heterocycles. The van der Waals surface area contributed by atoms with Gasteiger partial charge in [-0.05, 0) is 35.7 Å². The van der Waals surface area contributed by atoms with Gasteiger partial charge in [-0.15, -0.1) is 10.2 Å². The smallest absolute Gasteiger partial charge is 0.328 e. The molecule has 1 aromatic heterocycles. The summed E-state index contributed by atoms with van der Waals surface area (Å²) in [5.41, 5.74) is 4.07. The van der Waals surface area contributed by atoms with Gasteiger partial charge >= 0.3 is 12.0 Å². The predicted octanol–water partition coefficient (Wildman–Crippen LogP) is 5.83. The largest absolute Gasteiger partial charge is 0.467 e. The normalized spacial score (nSPS) is 20.3. The number of nitrogens with zero attached hydrogens (tertiary/aromatic N) is 2. The van der Waals surface area contributed by atoms with E-state index in [0.717, 1.165) is 31.6 Å². The fraction of sp³-hybridized carbons (Fsp3) is 0.333. The van der Waals surface area contributed by atoms with Gasteiger partial charge in [0.1, 0.15) is 11.0 Å². The highest BCUT2D eigenvalue weighted by Crippen LogP contribution is 2.43. The fourth-order valence-electron chi connectivity index (χ4n) is 5.03. The third kappa shape index (κ3) is 8.68. The quantitative estimate of drug-likeness (QED) is 0.136. The van der Waals surface area contributed by atoms with Crippen LogP contribution in [0.3, 0.4) is 0 Å². The van der Waals surface area contributed by atoms with Crippen molar-refractivity contribution in [2.75, 3.05) is 18.2 Å². The monoisotopic (exact) mass is 648 g/mol. The minimum absolute atomic E-state index is 0.0254. The second-order valence-electron chi connectivity index (χ2n) is 10.7. The summed E-state index contributed by atoms with van der Waals surface area (Å²) in [6, 6.07) is 23.1. The Morgan fingerprint density at radius 3 is 2.33 bits per heavy atom. The van der Waals surface area contributed by atoms with Crippen molar-refractivity contribution < 1.29 is 28.9 Å². The molecule has 5 atom stereocenters. The molecule has 0 aliphatic carbocycles. The summed E-state index contributed by atoms with van der Waals surface area (Å²) >= 11 is 3.17. The van der Waals surface area contributed by atoms with Gasteiger partial charge in [-0.2, -0.15) is 0 Å². The molecule has 5 rings (SSSR count). The number of carbonyl (C=O) groups excluding carboxylic acids is 2. The number of nitrogens with one attached hydrogen (secondary N) is 2. The molecule has 2 heterocycles. The van der Waals surface area contributed by atoms with Crippen LogP contribution in [0.4, 0.5) is 10.5 Å². The van der Waals surface area contributed by atoms with Crippen LogP contribution in [0.5, 0.6) is 0 Å². The first-order chi connectivity index (χ1) is 21.8. The number of anilines is 1. The molecular weight excluding hydrogens is 613 g/mol. The summed E-state index contributed by atoms with van der Waals surface area (Å²) in [5.74, 6) is 0.177. The maximum atomic E-state index is 12.8. The first-order valence-corrected chi connectivity index (χ1v) is 16.4. The topological polar surface area (TPSA) is 132 Å². The Balaban J connectivity index is 1.27. The number of benzene rings is 3. The number of aliphatic hydroxyl groups excluding tert-OH is 1. The van der Waals surface area contributed by atoms with Crippen molar-refractivity contribution in [2.45, 2.75) is 55.8 Å². The predicted molar refractivity (Wildman–Crippen MR) is 173 cm³/mol. The zero-order chi connectivity index (χ0) is 31.8. The number of aryl methyl sites for hydroxylation is 1. The second-order valence-corrected chi connectivity index (χ2v) is 13.2. The van der Waals surface area contributed by atoms with Gasteiger partial charge in [0, 0.05) is 29.3 Å². The number of hydrogen-bond donors (Lipinski definition) is 3. The third-order valence-electron chi connectivity index (χ3n) is 7.52. The Morgan fingerprint density at radius 1 is 0.978 bits per heavy atom. The lowest BCUT2D eigenvalue weighted by Crippen LogP contribution is -2.45. The number of hydrogen-bond acceptors (Lipinski definition) is 10. The van der Waals surface area contributed by atoms with Crippen molar-refractivity contribution >= 4 is 40.8 Å². The molecule has 0 saturated carbocycles. The molecule has 2 amide bonds. The lowest BCUT2D eigenvalue weighted by atomic mass is 9.91. The highest BCUT2D eigenvalue weighted by atomic mass is 32.2. The van der Waals surface area contributed by atoms with E-state index in [1.54, 1.807) is 35.2 Å². The molecule has 12 heteroatoms. The van der Waals surface area contributed by atoms with E-state index >= 15 is 0 Å². The van der Waals surface area contributed by atoms with Crippen LogP contribution in [0, 0.1) is 12.8 Å². The van der Waals surface area contributed by atoms with Gasteiger partial charge in [-0.3, -0.25) is 0 Å². The highest BCUT2D eigenvalue weighted by Gasteiger charge is 2.38. The van der Waals surface area contributed by atoms with E-state index in [-0.39, 0.29) is 24.7 Å². The van der Waals surface area contributed by atoms with E-state index < -0.39 is 24.3 Å². The van der Waals surface area contributed by atoms with Crippen molar-refractivity contribution in [1.29, 1.82) is 0 Å². The number of urea groups is 1. The van der Waals surface area contributed by atoms with E-state index in [1.165, 1.54) is 7.11 Å². The maximum absolute atomic E-state index is 12.8. The average Bonchev–Trinajstić information content (AvgIpc) is 3.49. The van der Waals surface area contributed by atoms with E-state index in [0.29, 0.717) is 17.9 Å². The molecule has 3 aromatic carbocycles. The van der Waals surface area contributed by atoms with E-state index in [9.17, 15) is 14.7 Å². The van der Waals surface area contributed by atoms with Crippen LogP contribution >= 0.6 is 23.1 Å². The zero-order valence-corrected chi connectivity index (χ0v) is 26.8. The molecule has 4 aromatic rings. The SMILES string of the molecule is COC(=O)C(Cc1ccccc1)NC(=O)Nc1ccc(C2OC(CSc3nnc(C)s3)C(C)C(c3ccc(CO)cc3)O2)cc1. The summed E-state index contributed by atoms with van der Waals surface area (Å²) in [6.07, 6.45) is -0.745. The molecule has 10 nitrogen and oxygen atoms in total. The Kier molecular flexibility index (Phi) is 11.2. The number of ether oxygens (including phenoxy) is 3. The average molecular weight is 649 g/mol. The molecule has 45 heavy (non-hydrogen) atoms. The summed E-state index contributed by atoms with van der Waals surface area (Å²) < 4.78 is 18.8. The Labute approximate surface area is 270 Å². The maximum Gasteiger partial charge on any atom is 0.328 e. The van der Waals surface area contributed by atoms with Crippen LogP contribution in [-0.4, -0.2) is 52.3 Å². The van der Waals surface area contributed by atoms with E-state index in [2.05, 4.69) is 27.8 Å². The molecule has 236 valence electrons. The summed E-state index contributed by atoms with van der Waals surface area (Å²) in [7, 11) is 1.30. The van der Waals surface area contributed by atoms with E-state index in [4.69, 9.17) is 14.2 Å². The van der Waals surface area contributed by atoms with Gasteiger partial charge in [0.15, 0.2) is 10.6 Å². The molecule has 1 saturated heterocycles. The van der Waals surface area contributed by atoms with Gasteiger partial charge in [-0.25, -0.2) is 9.59 Å². The van der Waals surface area contributed by atoms with Crippen molar-refractivity contribution in [2.24, 2.45) is 5.92 Å². The molecule has 5 unspecified atom stereocenters. The van der Waals surface area contributed by atoms with Crippen LogP contribution in [-0.2, 0) is 32.0 Å². The van der Waals surface area contributed by atoms with Gasteiger partial charge in [0.2, 0.25) is 0 Å². The minimum atomic E-state index is -0.843. The van der Waals surface area contributed by atoms with Crippen LogP contribution in [0.25, 0.3) is 0 Å². The first kappa shape index (κ1) is 32.6. The molecular formula is C33H36N4O6S2. The molecule has 0 bridgehead atoms. The number of aliphatic hydroxyl groups is 1. The van der Waals surface area contributed by atoms with Gasteiger partial charge in [-0.1, -0.05) is 96.8 Å². The van der Waals surface area contributed by atoms with Crippen LogP contribution < -0.4 is 10.6 Å². The second kappa shape index (κ2) is 15.5. The van der Waals surface area contributed by atoms with Gasteiger partial charge < -0.3 is 30.0 Å². The first-order valence-electron chi connectivity index (χ1n) is 14.6. The van der Waals surface area contributed by atoms with Crippen molar-refractivity contribution in [1.82, 2.24) is 15.5 Å². The number of rotatable bonds is 11. The van der Waals surface area contributed by atoms with Crippen LogP contribution in [0.2, 0.25) is 0 Å². The zero-order valence-electron chi connectivity index (χ0n) is 25.2. The Hall–Kier alpha value is -3.81. The number of esters is 1. The summed E-state index contributed by atoms with van der Waals surface area (Å²) in [6.45, 7) is 4.02. The lowest BCUT2D eigenvalue weighted by Gasteiger charge is -2.41. The van der Waals surface area contributed by atoms with Crippen LogP contribution in [0.15, 0.2) is 83.2 Å². The summed E-state index contributed by atoms with van der Waals surface area (Å²) in [4.78, 5) is 25.2. The molecule has 1 fully saturated rings. The number of aromatic nitrogens is 2. The third-order valence-corrected chi connectivity index (χ3v) is 9.58. The number of amides is 2. The van der Waals surface area contributed by atoms with Crippen molar-refractivity contribution in [3.05, 3.63) is 106 Å². The highest BCUT2D eigenvalue weighted by molar-refractivity contribution is 8.01. The van der Waals surface area contributed by atoms with Crippen LogP contribution in [0.1, 0.15) is 46.6 Å². The van der Waals surface area contributed by atoms with Gasteiger partial charge in [0.25, 0.3) is 0 Å². The lowest BCUT2D eigenvalue weighted by molar-refractivity contribution is -0.268. The Morgan fingerprint density at radius 2 is 1.69 bits per heavy atom. The molecule has 1 aliphatic rings. The molecule has 3 N–H and O–H groups in total. The summed E-state index contributed by atoms with van der Waals surface area (Å²) in [5, 5.41) is 24.3. The Bertz CT molecular complexity index is 1550. The standard InChI is InChI=1S/C33H36N4O6S2/c1-20-28(19-44-33-37-36-21(2)45-33)42-31(43-29(20)24-11-9-23(18-38)10-12-24)25-13-15-26(16-14-25)34-32(40)35-27(30(39)41-3)17-22-7-5-4-6-8-22/h4-16,20,27-29,31,38H,17-19H2,1-3H3,(H2,34,35,40). The number of thioether (sulfide) groups is 1. The number of carbonyl (C=O) groups is 2. The molecule has 0 radical (unpaired) electrons. The van der Waals surface area contributed by atoms with Crippen molar-refractivity contribution in [3.63, 3.8) is 0 Å². The fourth-order valence-corrected chi connectivity index (χ4v) is 7.04. The van der Waals surface area contributed by atoms with Gasteiger partial charge in [0.05, 0.1) is 25.9 Å². The molecule has 0 spiro atoms. The minimum Gasteiger partial charge on any atom is -0.467 e. The number of methoxy groups -OCH3 is 1. The van der Waals surface area contributed by atoms with E-state index in [1.807, 2.05) is 73.7 Å². The van der Waals surface area contributed by atoms with Crippen molar-refractivity contribution in [3.8, 4) is 0 Å².